The van der Waals surface area contributed by atoms with Crippen LogP contribution >= 0.6 is 15.9 Å². The maximum absolute atomic E-state index is 11.8. The number of aromatic nitrogens is 1. The zero-order valence-electron chi connectivity index (χ0n) is 9.98. The lowest BCUT2D eigenvalue weighted by Gasteiger charge is -2.05. The average Bonchev–Trinajstić information content (AvgIpc) is 2.38. The quantitative estimate of drug-likeness (QED) is 0.947. The van der Waals surface area contributed by atoms with Crippen LogP contribution in [0.2, 0.25) is 0 Å². The molecule has 0 aliphatic heterocycles. The minimum Gasteiger partial charge on any atom is -0.347 e. The molecule has 0 aliphatic carbocycles. The van der Waals surface area contributed by atoms with Crippen LogP contribution in [0.4, 0.5) is 0 Å². The maximum atomic E-state index is 11.8. The van der Waals surface area contributed by atoms with Gasteiger partial charge in [-0.1, -0.05) is 29.8 Å². The summed E-state index contributed by atoms with van der Waals surface area (Å²) in [5.41, 5.74) is 2.70. The molecule has 1 aromatic carbocycles. The molecule has 0 aliphatic rings. The molecule has 1 amide bonds. The van der Waals surface area contributed by atoms with Crippen molar-refractivity contribution in [3.63, 3.8) is 0 Å². The fourth-order valence-electron chi connectivity index (χ4n) is 1.49. The van der Waals surface area contributed by atoms with Crippen LogP contribution in [0.15, 0.2) is 47.1 Å². The normalized spacial score (nSPS) is 10.1. The van der Waals surface area contributed by atoms with E-state index in [1.165, 1.54) is 5.56 Å². The van der Waals surface area contributed by atoms with E-state index in [2.05, 4.69) is 26.2 Å². The predicted molar refractivity (Wildman–Crippen MR) is 74.3 cm³/mol. The Bertz CT molecular complexity index is 535. The molecule has 2 aromatic rings. The molecule has 0 spiro atoms. The topological polar surface area (TPSA) is 42.0 Å². The lowest BCUT2D eigenvalue weighted by molar-refractivity contribution is 0.0946. The monoisotopic (exact) mass is 304 g/mol. The lowest BCUT2D eigenvalue weighted by atomic mass is 10.1. The smallest absolute Gasteiger partial charge is 0.270 e. The summed E-state index contributed by atoms with van der Waals surface area (Å²) < 4.78 is 0.859. The molecule has 0 atom stereocenters. The number of benzene rings is 1. The standard InChI is InChI=1S/C14H13BrN2O/c1-10-2-4-11(5-3-10)8-17-14(18)13-7-6-12(15)9-16-13/h2-7,9H,8H2,1H3,(H,17,18). The van der Waals surface area contributed by atoms with Crippen molar-refractivity contribution in [2.45, 2.75) is 13.5 Å². The SMILES string of the molecule is Cc1ccc(CNC(=O)c2ccc(Br)cn2)cc1. The van der Waals surface area contributed by atoms with Gasteiger partial charge in [0.15, 0.2) is 0 Å². The van der Waals surface area contributed by atoms with Gasteiger partial charge in [0.25, 0.3) is 5.91 Å². The third kappa shape index (κ3) is 3.40. The zero-order chi connectivity index (χ0) is 13.0. The second kappa shape index (κ2) is 5.78. The minimum atomic E-state index is -0.164. The Morgan fingerprint density at radius 2 is 1.94 bits per heavy atom. The van der Waals surface area contributed by atoms with Gasteiger partial charge >= 0.3 is 0 Å². The lowest BCUT2D eigenvalue weighted by Crippen LogP contribution is -2.23. The van der Waals surface area contributed by atoms with E-state index in [0.29, 0.717) is 12.2 Å². The first-order valence-corrected chi connectivity index (χ1v) is 6.40. The molecule has 0 saturated carbocycles. The van der Waals surface area contributed by atoms with Gasteiger partial charge in [-0.2, -0.15) is 0 Å². The van der Waals surface area contributed by atoms with Gasteiger partial charge in [-0.25, -0.2) is 4.98 Å². The molecule has 4 heteroatoms. The van der Waals surface area contributed by atoms with Gasteiger partial charge in [0, 0.05) is 17.2 Å². The second-order valence-electron chi connectivity index (χ2n) is 4.03. The number of amides is 1. The van der Waals surface area contributed by atoms with Gasteiger partial charge < -0.3 is 5.32 Å². The minimum absolute atomic E-state index is 0.164. The highest BCUT2D eigenvalue weighted by Crippen LogP contribution is 2.08. The zero-order valence-corrected chi connectivity index (χ0v) is 11.6. The molecule has 0 unspecified atom stereocenters. The molecule has 0 radical (unpaired) electrons. The Hall–Kier alpha value is -1.68. The summed E-state index contributed by atoms with van der Waals surface area (Å²) in [5, 5.41) is 2.84. The summed E-state index contributed by atoms with van der Waals surface area (Å²) in [6.07, 6.45) is 1.61. The first-order valence-electron chi connectivity index (χ1n) is 5.60. The van der Waals surface area contributed by atoms with Crippen molar-refractivity contribution in [2.24, 2.45) is 0 Å². The molecule has 92 valence electrons. The van der Waals surface area contributed by atoms with Gasteiger partial charge in [0.05, 0.1) is 0 Å². The summed E-state index contributed by atoms with van der Waals surface area (Å²) >= 11 is 3.28. The van der Waals surface area contributed by atoms with E-state index in [1.54, 1.807) is 18.3 Å². The number of carbonyl (C=O) groups excluding carboxylic acids is 1. The summed E-state index contributed by atoms with van der Waals surface area (Å²) in [7, 11) is 0. The van der Waals surface area contributed by atoms with E-state index < -0.39 is 0 Å². The highest BCUT2D eigenvalue weighted by atomic mass is 79.9. The van der Waals surface area contributed by atoms with Crippen molar-refractivity contribution in [1.29, 1.82) is 0 Å². The maximum Gasteiger partial charge on any atom is 0.270 e. The summed E-state index contributed by atoms with van der Waals surface area (Å²) in [6.45, 7) is 2.55. The molecule has 0 bridgehead atoms. The molecule has 2 rings (SSSR count). The Balaban J connectivity index is 1.96. The van der Waals surface area contributed by atoms with Crippen LogP contribution in [-0.4, -0.2) is 10.9 Å². The van der Waals surface area contributed by atoms with Crippen molar-refractivity contribution in [3.05, 3.63) is 63.9 Å². The van der Waals surface area contributed by atoms with Crippen molar-refractivity contribution in [3.8, 4) is 0 Å². The Morgan fingerprint density at radius 3 is 2.56 bits per heavy atom. The molecule has 1 heterocycles. The summed E-state index contributed by atoms with van der Waals surface area (Å²) in [4.78, 5) is 15.9. The van der Waals surface area contributed by atoms with E-state index in [-0.39, 0.29) is 5.91 Å². The fraction of sp³-hybridized carbons (Fsp3) is 0.143. The van der Waals surface area contributed by atoms with Crippen LogP contribution in [0.25, 0.3) is 0 Å². The number of pyridine rings is 1. The van der Waals surface area contributed by atoms with Crippen molar-refractivity contribution in [2.75, 3.05) is 0 Å². The van der Waals surface area contributed by atoms with Gasteiger partial charge in [0.2, 0.25) is 0 Å². The van der Waals surface area contributed by atoms with E-state index in [9.17, 15) is 4.79 Å². The van der Waals surface area contributed by atoms with Crippen molar-refractivity contribution >= 4 is 21.8 Å². The number of halogens is 1. The number of aryl methyl sites for hydroxylation is 1. The predicted octanol–water partition coefficient (Wildman–Crippen LogP) is 3.08. The van der Waals surface area contributed by atoms with Crippen LogP contribution in [0, 0.1) is 6.92 Å². The van der Waals surface area contributed by atoms with Gasteiger partial charge in [-0.15, -0.1) is 0 Å². The fourth-order valence-corrected chi connectivity index (χ4v) is 1.72. The summed E-state index contributed by atoms with van der Waals surface area (Å²) in [6, 6.07) is 11.6. The highest BCUT2D eigenvalue weighted by Gasteiger charge is 2.06. The Labute approximate surface area is 114 Å². The largest absolute Gasteiger partial charge is 0.347 e. The van der Waals surface area contributed by atoms with Crippen LogP contribution in [0.1, 0.15) is 21.6 Å². The molecule has 0 saturated heterocycles. The third-order valence-electron chi connectivity index (χ3n) is 2.53. The van der Waals surface area contributed by atoms with Crippen LogP contribution in [-0.2, 0) is 6.54 Å². The molecule has 3 nitrogen and oxygen atoms in total. The Morgan fingerprint density at radius 1 is 1.22 bits per heavy atom. The van der Waals surface area contributed by atoms with Crippen LogP contribution < -0.4 is 5.32 Å². The number of nitrogens with zero attached hydrogens (tertiary/aromatic N) is 1. The molecule has 1 aromatic heterocycles. The number of hydrogen-bond acceptors (Lipinski definition) is 2. The van der Waals surface area contributed by atoms with E-state index >= 15 is 0 Å². The molecule has 0 fully saturated rings. The van der Waals surface area contributed by atoms with Crippen LogP contribution in [0.5, 0.6) is 0 Å². The Kier molecular flexibility index (Phi) is 4.10. The second-order valence-corrected chi connectivity index (χ2v) is 4.95. The van der Waals surface area contributed by atoms with E-state index in [1.807, 2.05) is 31.2 Å². The van der Waals surface area contributed by atoms with Crippen molar-refractivity contribution in [1.82, 2.24) is 10.3 Å². The van der Waals surface area contributed by atoms with Gasteiger partial charge in [-0.05, 0) is 40.5 Å². The molecular formula is C14H13BrN2O. The van der Waals surface area contributed by atoms with Crippen molar-refractivity contribution < 1.29 is 4.79 Å². The third-order valence-corrected chi connectivity index (χ3v) is 3.00. The summed E-state index contributed by atoms with van der Waals surface area (Å²) in [5.74, 6) is -0.164. The van der Waals surface area contributed by atoms with E-state index in [0.717, 1.165) is 10.0 Å². The first kappa shape index (κ1) is 12.8. The molecular weight excluding hydrogens is 292 g/mol. The molecule has 1 N–H and O–H groups in total. The first-order chi connectivity index (χ1) is 8.65. The van der Waals surface area contributed by atoms with Gasteiger partial charge in [-0.3, -0.25) is 4.79 Å². The number of nitrogens with one attached hydrogen (secondary N) is 1. The van der Waals surface area contributed by atoms with Gasteiger partial charge in [0.1, 0.15) is 5.69 Å². The number of carbonyl (C=O) groups is 1. The highest BCUT2D eigenvalue weighted by molar-refractivity contribution is 9.10. The van der Waals surface area contributed by atoms with Crippen LogP contribution in [0.3, 0.4) is 0 Å². The van der Waals surface area contributed by atoms with E-state index in [4.69, 9.17) is 0 Å². The number of hydrogen-bond donors (Lipinski definition) is 1. The average molecular weight is 305 g/mol. The molecule has 18 heavy (non-hydrogen) atoms. The number of rotatable bonds is 3.